The Morgan fingerprint density at radius 3 is 2.44 bits per heavy atom. The van der Waals surface area contributed by atoms with Crippen molar-refractivity contribution in [2.75, 3.05) is 0 Å². The van der Waals surface area contributed by atoms with Crippen LogP contribution in [0.15, 0.2) is 66.7 Å². The van der Waals surface area contributed by atoms with Crippen LogP contribution in [0.2, 0.25) is 5.02 Å². The van der Waals surface area contributed by atoms with Gasteiger partial charge in [0.25, 0.3) is 0 Å². The summed E-state index contributed by atoms with van der Waals surface area (Å²) in [5, 5.41) is 0.601. The van der Waals surface area contributed by atoms with Gasteiger partial charge < -0.3 is 4.57 Å². The van der Waals surface area contributed by atoms with Gasteiger partial charge in [0.1, 0.15) is 5.82 Å². The number of rotatable bonds is 3. The number of benzene rings is 3. The van der Waals surface area contributed by atoms with Crippen LogP contribution in [0.25, 0.3) is 22.4 Å². The van der Waals surface area contributed by atoms with E-state index in [1.165, 1.54) is 6.07 Å². The quantitative estimate of drug-likeness (QED) is 0.462. The van der Waals surface area contributed by atoms with Crippen molar-refractivity contribution in [2.45, 2.75) is 6.54 Å². The van der Waals surface area contributed by atoms with E-state index in [9.17, 15) is 8.78 Å². The van der Waals surface area contributed by atoms with Crippen molar-refractivity contribution in [1.82, 2.24) is 9.55 Å². The highest BCUT2D eigenvalue weighted by Crippen LogP contribution is 2.28. The largest absolute Gasteiger partial charge is 0.319 e. The topological polar surface area (TPSA) is 17.8 Å². The maximum atomic E-state index is 13.6. The molecule has 0 spiro atoms. The molecule has 0 N–H and O–H groups in total. The second kappa shape index (κ2) is 6.30. The fraction of sp³-hybridized carbons (Fsp3) is 0.0500. The molecule has 1 aromatic heterocycles. The van der Waals surface area contributed by atoms with E-state index < -0.39 is 11.6 Å². The van der Waals surface area contributed by atoms with Crippen molar-refractivity contribution in [3.63, 3.8) is 0 Å². The predicted octanol–water partition coefficient (Wildman–Crippen LogP) is 5.68. The molecule has 0 saturated heterocycles. The first-order chi connectivity index (χ1) is 12.1. The van der Waals surface area contributed by atoms with Gasteiger partial charge in [-0.25, -0.2) is 13.8 Å². The molecule has 0 aliphatic carbocycles. The van der Waals surface area contributed by atoms with Crippen LogP contribution >= 0.6 is 11.6 Å². The summed E-state index contributed by atoms with van der Waals surface area (Å²) < 4.78 is 28.8. The number of nitrogens with zero attached hydrogens (tertiary/aromatic N) is 2. The van der Waals surface area contributed by atoms with Crippen LogP contribution < -0.4 is 0 Å². The zero-order chi connectivity index (χ0) is 17.4. The van der Waals surface area contributed by atoms with Crippen LogP contribution in [0.3, 0.4) is 0 Å². The molecule has 0 saturated carbocycles. The van der Waals surface area contributed by atoms with Crippen LogP contribution in [0.5, 0.6) is 0 Å². The lowest BCUT2D eigenvalue weighted by atomic mass is 10.2. The molecule has 25 heavy (non-hydrogen) atoms. The van der Waals surface area contributed by atoms with Crippen LogP contribution in [-0.4, -0.2) is 9.55 Å². The lowest BCUT2D eigenvalue weighted by Crippen LogP contribution is -2.03. The van der Waals surface area contributed by atoms with Gasteiger partial charge in [-0.15, -0.1) is 0 Å². The third kappa shape index (κ3) is 3.01. The second-order valence-electron chi connectivity index (χ2n) is 5.77. The molecule has 124 valence electrons. The summed E-state index contributed by atoms with van der Waals surface area (Å²) in [6.07, 6.45) is 0. The zero-order valence-electron chi connectivity index (χ0n) is 13.1. The summed E-state index contributed by atoms with van der Waals surface area (Å²) >= 11 is 6.08. The molecule has 0 bridgehead atoms. The number of aromatic nitrogens is 2. The highest BCUT2D eigenvalue weighted by atomic mass is 35.5. The molecular weight excluding hydrogens is 342 g/mol. The zero-order valence-corrected chi connectivity index (χ0v) is 13.8. The number of hydrogen-bond acceptors (Lipinski definition) is 1. The summed E-state index contributed by atoms with van der Waals surface area (Å²) in [7, 11) is 0. The van der Waals surface area contributed by atoms with Crippen LogP contribution in [0.4, 0.5) is 8.78 Å². The molecule has 4 rings (SSSR count). The van der Waals surface area contributed by atoms with Gasteiger partial charge in [-0.1, -0.05) is 48.0 Å². The van der Waals surface area contributed by atoms with E-state index >= 15 is 0 Å². The summed E-state index contributed by atoms with van der Waals surface area (Å²) in [5.74, 6) is -0.955. The highest BCUT2D eigenvalue weighted by molar-refractivity contribution is 6.31. The van der Waals surface area contributed by atoms with Crippen molar-refractivity contribution in [1.29, 1.82) is 0 Å². The molecular formula is C20H13ClF2N2. The van der Waals surface area contributed by atoms with E-state index in [4.69, 9.17) is 16.6 Å². The molecule has 0 aliphatic heterocycles. The smallest absolute Gasteiger partial charge is 0.159 e. The molecule has 0 atom stereocenters. The van der Waals surface area contributed by atoms with Gasteiger partial charge in [0.15, 0.2) is 11.6 Å². The lowest BCUT2D eigenvalue weighted by molar-refractivity contribution is 0.506. The van der Waals surface area contributed by atoms with Crippen molar-refractivity contribution in [2.24, 2.45) is 0 Å². The first kappa shape index (κ1) is 15.8. The Hall–Kier alpha value is -2.72. The Bertz CT molecular complexity index is 1060. The summed E-state index contributed by atoms with van der Waals surface area (Å²) in [5.41, 5.74) is 3.24. The Labute approximate surface area is 148 Å². The Morgan fingerprint density at radius 1 is 0.880 bits per heavy atom. The molecule has 0 amide bonds. The minimum atomic E-state index is -0.855. The molecule has 2 nitrogen and oxygen atoms in total. The number of fused-ring (bicyclic) bond motifs is 1. The van der Waals surface area contributed by atoms with Gasteiger partial charge >= 0.3 is 0 Å². The Morgan fingerprint density at radius 2 is 1.68 bits per heavy atom. The third-order valence-corrected chi connectivity index (χ3v) is 4.30. The van der Waals surface area contributed by atoms with Crippen LogP contribution in [0, 0.1) is 11.6 Å². The molecule has 0 radical (unpaired) electrons. The Kier molecular flexibility index (Phi) is 3.98. The van der Waals surface area contributed by atoms with Gasteiger partial charge in [-0.3, -0.25) is 0 Å². The first-order valence-electron chi connectivity index (χ1n) is 7.77. The maximum Gasteiger partial charge on any atom is 0.159 e. The third-order valence-electron chi connectivity index (χ3n) is 4.07. The molecule has 1 heterocycles. The van der Waals surface area contributed by atoms with Gasteiger partial charge in [0.2, 0.25) is 0 Å². The van der Waals surface area contributed by atoms with Gasteiger partial charge in [-0.2, -0.15) is 0 Å². The normalized spacial score (nSPS) is 11.2. The van der Waals surface area contributed by atoms with E-state index in [2.05, 4.69) is 0 Å². The average Bonchev–Trinajstić information content (AvgIpc) is 2.96. The van der Waals surface area contributed by atoms with Crippen LogP contribution in [0.1, 0.15) is 5.56 Å². The molecule has 5 heteroatoms. The minimum absolute atomic E-state index is 0.375. The van der Waals surface area contributed by atoms with Crippen molar-refractivity contribution in [3.05, 3.63) is 89.0 Å². The SMILES string of the molecule is Fc1ccc(Cn2c(-c3ccccc3)nc3cc(Cl)ccc32)cc1F. The average molecular weight is 355 g/mol. The summed E-state index contributed by atoms with van der Waals surface area (Å²) in [4.78, 5) is 4.69. The maximum absolute atomic E-state index is 13.6. The van der Waals surface area contributed by atoms with E-state index in [0.29, 0.717) is 17.1 Å². The minimum Gasteiger partial charge on any atom is -0.319 e. The van der Waals surface area contributed by atoms with Gasteiger partial charge in [0.05, 0.1) is 11.0 Å². The molecule has 0 aliphatic rings. The fourth-order valence-electron chi connectivity index (χ4n) is 2.89. The molecule has 3 aromatic carbocycles. The fourth-order valence-corrected chi connectivity index (χ4v) is 3.06. The van der Waals surface area contributed by atoms with Crippen LogP contribution in [-0.2, 0) is 6.54 Å². The van der Waals surface area contributed by atoms with Crippen molar-refractivity contribution >= 4 is 22.6 Å². The molecule has 4 aromatic rings. The monoisotopic (exact) mass is 354 g/mol. The van der Waals surface area contributed by atoms with E-state index in [0.717, 1.165) is 28.5 Å². The summed E-state index contributed by atoms with van der Waals surface area (Å²) in [6, 6.07) is 19.1. The Balaban J connectivity index is 1.89. The number of halogens is 3. The van der Waals surface area contributed by atoms with Gasteiger partial charge in [0, 0.05) is 17.1 Å². The first-order valence-corrected chi connectivity index (χ1v) is 8.15. The molecule has 0 unspecified atom stereocenters. The number of imidazole rings is 1. The van der Waals surface area contributed by atoms with E-state index in [1.807, 2.05) is 41.0 Å². The lowest BCUT2D eigenvalue weighted by Gasteiger charge is -2.10. The summed E-state index contributed by atoms with van der Waals surface area (Å²) in [6.45, 7) is 0.375. The van der Waals surface area contributed by atoms with Gasteiger partial charge in [-0.05, 0) is 35.9 Å². The molecule has 0 fully saturated rings. The second-order valence-corrected chi connectivity index (χ2v) is 6.21. The van der Waals surface area contributed by atoms with E-state index in [1.54, 1.807) is 18.2 Å². The predicted molar refractivity (Wildman–Crippen MR) is 95.6 cm³/mol. The standard InChI is InChI=1S/C20H13ClF2N2/c21-15-7-9-19-18(11-15)24-20(14-4-2-1-3-5-14)25(19)12-13-6-8-16(22)17(23)10-13/h1-11H,12H2. The number of hydrogen-bond donors (Lipinski definition) is 0. The van der Waals surface area contributed by atoms with Crippen molar-refractivity contribution < 1.29 is 8.78 Å². The van der Waals surface area contributed by atoms with Crippen molar-refractivity contribution in [3.8, 4) is 11.4 Å². The highest BCUT2D eigenvalue weighted by Gasteiger charge is 2.14. The van der Waals surface area contributed by atoms with E-state index in [-0.39, 0.29) is 0 Å².